The lowest BCUT2D eigenvalue weighted by atomic mass is 9.98. The zero-order valence-corrected chi connectivity index (χ0v) is 18.0. The van der Waals surface area contributed by atoms with E-state index < -0.39 is 0 Å². The monoisotopic (exact) mass is 377 g/mol. The van der Waals surface area contributed by atoms with Crippen LogP contribution in [-0.4, -0.2) is 12.2 Å². The van der Waals surface area contributed by atoms with Gasteiger partial charge in [0.25, 0.3) is 0 Å². The van der Waals surface area contributed by atoms with E-state index in [4.69, 9.17) is 19.6 Å². The number of benzene rings is 1. The predicted molar refractivity (Wildman–Crippen MR) is 112 cm³/mol. The van der Waals surface area contributed by atoms with Crippen molar-refractivity contribution >= 4 is 11.0 Å². The molecule has 0 aliphatic rings. The second kappa shape index (κ2) is 10.4. The molecular formula is C22H35NO4. The molecule has 2 rings (SSSR count). The molecule has 2 aromatic rings. The van der Waals surface area contributed by atoms with Crippen LogP contribution in [0.3, 0.4) is 0 Å². The van der Waals surface area contributed by atoms with Crippen LogP contribution in [0.25, 0.3) is 11.0 Å². The van der Waals surface area contributed by atoms with Gasteiger partial charge in [-0.25, -0.2) is 4.79 Å². The van der Waals surface area contributed by atoms with E-state index in [1.807, 2.05) is 54.5 Å². The highest BCUT2D eigenvalue weighted by Crippen LogP contribution is 2.40. The minimum absolute atomic E-state index is 0.0161. The Morgan fingerprint density at radius 3 is 2.04 bits per heavy atom. The minimum atomic E-state index is -0.380. The fraction of sp³-hybridized carbons (Fsp3) is 0.591. The third kappa shape index (κ3) is 5.73. The summed E-state index contributed by atoms with van der Waals surface area (Å²) >= 11 is 0. The molecule has 1 atom stereocenters. The van der Waals surface area contributed by atoms with E-state index in [1.165, 1.54) is 0 Å². The smallest absolute Gasteiger partial charge is 0.336 e. The van der Waals surface area contributed by atoms with Crippen molar-refractivity contribution in [3.63, 3.8) is 0 Å². The number of fused-ring (bicyclic) bond motifs is 1. The molecule has 0 saturated heterocycles. The summed E-state index contributed by atoms with van der Waals surface area (Å²) in [6, 6.07) is 3.08. The molecule has 27 heavy (non-hydrogen) atoms. The highest BCUT2D eigenvalue weighted by atomic mass is 16.5. The van der Waals surface area contributed by atoms with Crippen molar-refractivity contribution < 1.29 is 13.9 Å². The van der Waals surface area contributed by atoms with E-state index in [0.29, 0.717) is 22.6 Å². The Hall–Kier alpha value is -2.01. The van der Waals surface area contributed by atoms with Crippen LogP contribution < -0.4 is 20.8 Å². The zero-order valence-electron chi connectivity index (χ0n) is 18.0. The van der Waals surface area contributed by atoms with Gasteiger partial charge in [0.1, 0.15) is 11.5 Å². The topological polar surface area (TPSA) is 74.7 Å². The molecule has 1 unspecified atom stereocenters. The first kappa shape index (κ1) is 23.0. The summed E-state index contributed by atoms with van der Waals surface area (Å²) in [4.78, 5) is 12.1. The Morgan fingerprint density at radius 2 is 1.56 bits per heavy atom. The van der Waals surface area contributed by atoms with E-state index in [9.17, 15) is 4.79 Å². The van der Waals surface area contributed by atoms with Gasteiger partial charge in [-0.3, -0.25) is 0 Å². The lowest BCUT2D eigenvalue weighted by Gasteiger charge is -2.22. The average molecular weight is 378 g/mol. The third-order valence-corrected chi connectivity index (χ3v) is 3.76. The normalized spacial score (nSPS) is 12.1. The minimum Gasteiger partial charge on any atom is -0.490 e. The molecule has 0 spiro atoms. The molecule has 152 valence electrons. The van der Waals surface area contributed by atoms with Gasteiger partial charge >= 0.3 is 5.63 Å². The second-order valence-electron chi connectivity index (χ2n) is 6.95. The molecule has 0 fully saturated rings. The molecule has 0 aliphatic carbocycles. The Balaban J connectivity index is 0.00000176. The third-order valence-electron chi connectivity index (χ3n) is 3.76. The van der Waals surface area contributed by atoms with Gasteiger partial charge in [0.2, 0.25) is 0 Å². The summed E-state index contributed by atoms with van der Waals surface area (Å²) in [5.74, 6) is 1.27. The van der Waals surface area contributed by atoms with E-state index in [-0.39, 0.29) is 23.9 Å². The lowest BCUT2D eigenvalue weighted by Crippen LogP contribution is -2.15. The van der Waals surface area contributed by atoms with E-state index in [2.05, 4.69) is 6.92 Å². The van der Waals surface area contributed by atoms with Crippen LogP contribution in [0.2, 0.25) is 0 Å². The summed E-state index contributed by atoms with van der Waals surface area (Å²) in [7, 11) is 0. The van der Waals surface area contributed by atoms with Crippen LogP contribution in [0.15, 0.2) is 21.3 Å². The lowest BCUT2D eigenvalue weighted by molar-refractivity contribution is 0.228. The van der Waals surface area contributed by atoms with Crippen LogP contribution in [0.1, 0.15) is 79.0 Å². The van der Waals surface area contributed by atoms with Gasteiger partial charge in [0.05, 0.1) is 23.2 Å². The van der Waals surface area contributed by atoms with Crippen LogP contribution in [0.4, 0.5) is 0 Å². The molecule has 2 N–H and O–H groups in total. The van der Waals surface area contributed by atoms with Gasteiger partial charge in [0, 0.05) is 18.2 Å². The van der Waals surface area contributed by atoms with Gasteiger partial charge in [-0.15, -0.1) is 0 Å². The Labute approximate surface area is 162 Å². The SMILES string of the molecule is CC.CCCc1cc(=O)oc2c(C(C)N)c(OC(C)C)cc(OC(C)C)c12. The van der Waals surface area contributed by atoms with Gasteiger partial charge in [-0.05, 0) is 46.6 Å². The van der Waals surface area contributed by atoms with Crippen LogP contribution in [0.5, 0.6) is 11.5 Å². The fourth-order valence-corrected chi connectivity index (χ4v) is 2.98. The summed E-state index contributed by atoms with van der Waals surface area (Å²) in [6.07, 6.45) is 1.63. The summed E-state index contributed by atoms with van der Waals surface area (Å²) in [5.41, 5.74) is 7.91. The van der Waals surface area contributed by atoms with E-state index in [0.717, 1.165) is 23.8 Å². The average Bonchev–Trinajstić information content (AvgIpc) is 2.54. The van der Waals surface area contributed by atoms with Crippen molar-refractivity contribution in [1.82, 2.24) is 0 Å². The molecule has 0 bridgehead atoms. The van der Waals surface area contributed by atoms with Crippen molar-refractivity contribution in [3.8, 4) is 11.5 Å². The van der Waals surface area contributed by atoms with Crippen LogP contribution >= 0.6 is 0 Å². The molecule has 5 heteroatoms. The number of ether oxygens (including phenoxy) is 2. The van der Waals surface area contributed by atoms with Gasteiger partial charge in [-0.2, -0.15) is 0 Å². The second-order valence-corrected chi connectivity index (χ2v) is 6.95. The highest BCUT2D eigenvalue weighted by Gasteiger charge is 2.23. The predicted octanol–water partition coefficient (Wildman–Crippen LogP) is 5.37. The molecule has 1 aromatic carbocycles. The van der Waals surface area contributed by atoms with Crippen molar-refractivity contribution in [2.24, 2.45) is 5.73 Å². The van der Waals surface area contributed by atoms with Gasteiger partial charge < -0.3 is 19.6 Å². The Morgan fingerprint density at radius 1 is 1.00 bits per heavy atom. The summed E-state index contributed by atoms with van der Waals surface area (Å²) < 4.78 is 17.6. The fourth-order valence-electron chi connectivity index (χ4n) is 2.98. The van der Waals surface area contributed by atoms with Crippen molar-refractivity contribution in [3.05, 3.63) is 33.7 Å². The van der Waals surface area contributed by atoms with Crippen molar-refractivity contribution in [2.75, 3.05) is 0 Å². The maximum atomic E-state index is 12.1. The molecule has 1 aromatic heterocycles. The first-order valence-electron chi connectivity index (χ1n) is 9.97. The Bertz CT molecular complexity index is 791. The molecule has 0 aliphatic heterocycles. The molecule has 0 amide bonds. The molecule has 1 heterocycles. The Kier molecular flexibility index (Phi) is 8.83. The van der Waals surface area contributed by atoms with E-state index >= 15 is 0 Å². The van der Waals surface area contributed by atoms with Gasteiger partial charge in [0.15, 0.2) is 5.58 Å². The number of rotatable bonds is 7. The molecule has 5 nitrogen and oxygen atoms in total. The standard InChI is InChI=1S/C20H29NO4.C2H6/c1-7-8-14-9-17(22)25-20-18(13(6)21)15(23-11(2)3)10-16(19(14)20)24-12(4)5;1-2/h9-13H,7-8,21H2,1-6H3;1-2H3. The van der Waals surface area contributed by atoms with E-state index in [1.54, 1.807) is 6.07 Å². The maximum absolute atomic E-state index is 12.1. The number of nitrogens with two attached hydrogens (primary N) is 1. The highest BCUT2D eigenvalue weighted by molar-refractivity contribution is 5.91. The first-order chi connectivity index (χ1) is 12.7. The van der Waals surface area contributed by atoms with Crippen molar-refractivity contribution in [1.29, 1.82) is 0 Å². The molecule has 0 radical (unpaired) electrons. The van der Waals surface area contributed by atoms with Gasteiger partial charge in [-0.1, -0.05) is 27.2 Å². The first-order valence-corrected chi connectivity index (χ1v) is 9.97. The quantitative estimate of drug-likeness (QED) is 0.657. The maximum Gasteiger partial charge on any atom is 0.336 e. The van der Waals surface area contributed by atoms with Crippen LogP contribution in [-0.2, 0) is 6.42 Å². The molecule has 0 saturated carbocycles. The summed E-state index contributed by atoms with van der Waals surface area (Å²) in [6.45, 7) is 15.8. The number of hydrogen-bond donors (Lipinski definition) is 1. The zero-order chi connectivity index (χ0) is 20.7. The number of hydrogen-bond acceptors (Lipinski definition) is 5. The largest absolute Gasteiger partial charge is 0.490 e. The summed E-state index contributed by atoms with van der Waals surface area (Å²) in [5, 5.41) is 0.818. The number of aryl methyl sites for hydroxylation is 1. The van der Waals surface area contributed by atoms with Crippen LogP contribution in [0, 0.1) is 0 Å². The van der Waals surface area contributed by atoms with Crippen molar-refractivity contribution in [2.45, 2.75) is 86.5 Å². The molecular weight excluding hydrogens is 342 g/mol.